The number of anilines is 2. The minimum absolute atomic E-state index is 0.0590. The molecular weight excluding hydrogens is 390 g/mol. The fraction of sp³-hybridized carbons (Fsp3) is 0.320. The molecule has 2 aromatic carbocycles. The third-order valence-corrected chi connectivity index (χ3v) is 5.94. The molecule has 0 bridgehead atoms. The second-order valence-corrected chi connectivity index (χ2v) is 7.99. The minimum atomic E-state index is -0.158. The van der Waals surface area contributed by atoms with Gasteiger partial charge in [0, 0.05) is 23.8 Å². The maximum absolute atomic E-state index is 13.6. The molecule has 3 aromatic rings. The standard InChI is InChI=1S/C25H27N3O3/c1-5-23(29)28(19-11-7-6-8-12-19)22-15-16(2)27(21-14-10-9-13-20(21)22)25(30)24-17(3)26-31-18(24)4/h6-14,16,22H,5,15H2,1-4H3. The Kier molecular flexibility index (Phi) is 5.63. The molecule has 0 saturated heterocycles. The number of rotatable bonds is 4. The van der Waals surface area contributed by atoms with Crippen LogP contribution in [-0.4, -0.2) is 23.0 Å². The van der Waals surface area contributed by atoms with Crippen molar-refractivity contribution in [2.75, 3.05) is 9.80 Å². The largest absolute Gasteiger partial charge is 0.361 e. The summed E-state index contributed by atoms with van der Waals surface area (Å²) >= 11 is 0. The zero-order valence-corrected chi connectivity index (χ0v) is 18.3. The number of aromatic nitrogens is 1. The number of carbonyl (C=O) groups excluding carboxylic acids is 2. The third-order valence-electron chi connectivity index (χ3n) is 5.94. The van der Waals surface area contributed by atoms with Crippen LogP contribution in [0.3, 0.4) is 0 Å². The number of amides is 2. The van der Waals surface area contributed by atoms with Crippen molar-refractivity contribution < 1.29 is 14.1 Å². The number of nitrogens with zero attached hydrogens (tertiary/aromatic N) is 3. The zero-order valence-electron chi connectivity index (χ0n) is 18.3. The lowest BCUT2D eigenvalue weighted by Gasteiger charge is -2.43. The molecule has 160 valence electrons. The van der Waals surface area contributed by atoms with Crippen molar-refractivity contribution in [2.45, 2.75) is 52.6 Å². The molecule has 6 nitrogen and oxygen atoms in total. The molecule has 1 aliphatic rings. The van der Waals surface area contributed by atoms with Gasteiger partial charge in [-0.3, -0.25) is 9.59 Å². The summed E-state index contributed by atoms with van der Waals surface area (Å²) in [6, 6.07) is 17.3. The van der Waals surface area contributed by atoms with E-state index in [0.29, 0.717) is 29.9 Å². The van der Waals surface area contributed by atoms with Crippen molar-refractivity contribution in [1.29, 1.82) is 0 Å². The average molecular weight is 418 g/mol. The first-order valence-electron chi connectivity index (χ1n) is 10.7. The van der Waals surface area contributed by atoms with Gasteiger partial charge >= 0.3 is 0 Å². The van der Waals surface area contributed by atoms with E-state index in [-0.39, 0.29) is 23.9 Å². The van der Waals surface area contributed by atoms with Crippen LogP contribution in [0.5, 0.6) is 0 Å². The Balaban J connectivity index is 1.81. The molecule has 2 unspecified atom stereocenters. The predicted molar refractivity (Wildman–Crippen MR) is 120 cm³/mol. The van der Waals surface area contributed by atoms with E-state index in [4.69, 9.17) is 4.52 Å². The average Bonchev–Trinajstić information content (AvgIpc) is 3.12. The fourth-order valence-electron chi connectivity index (χ4n) is 4.50. The molecule has 31 heavy (non-hydrogen) atoms. The van der Waals surface area contributed by atoms with Gasteiger partial charge in [0.05, 0.1) is 11.7 Å². The molecule has 6 heteroatoms. The lowest BCUT2D eigenvalue weighted by molar-refractivity contribution is -0.118. The van der Waals surface area contributed by atoms with E-state index in [9.17, 15) is 9.59 Å². The van der Waals surface area contributed by atoms with Crippen LogP contribution < -0.4 is 9.80 Å². The highest BCUT2D eigenvalue weighted by atomic mass is 16.5. The van der Waals surface area contributed by atoms with Crippen molar-refractivity contribution in [3.8, 4) is 0 Å². The third kappa shape index (κ3) is 3.63. The SMILES string of the molecule is CCC(=O)N(c1ccccc1)C1CC(C)N(C(=O)c2c(C)noc2C)c2ccccc21. The minimum Gasteiger partial charge on any atom is -0.361 e. The zero-order chi connectivity index (χ0) is 22.1. The van der Waals surface area contributed by atoms with Crippen molar-refractivity contribution in [2.24, 2.45) is 0 Å². The molecule has 0 N–H and O–H groups in total. The predicted octanol–water partition coefficient (Wildman–Crippen LogP) is 5.21. The molecule has 2 amide bonds. The fourth-order valence-corrected chi connectivity index (χ4v) is 4.50. The number of fused-ring (bicyclic) bond motifs is 1. The summed E-state index contributed by atoms with van der Waals surface area (Å²) in [7, 11) is 0. The second kappa shape index (κ2) is 8.38. The number of hydrogen-bond acceptors (Lipinski definition) is 4. The van der Waals surface area contributed by atoms with Gasteiger partial charge in [0.25, 0.3) is 5.91 Å². The highest BCUT2D eigenvalue weighted by Gasteiger charge is 2.39. The number of carbonyl (C=O) groups is 2. The number of hydrogen-bond donors (Lipinski definition) is 0. The first-order chi connectivity index (χ1) is 14.9. The summed E-state index contributed by atoms with van der Waals surface area (Å²) in [4.78, 5) is 30.3. The Bertz CT molecular complexity index is 1090. The molecule has 2 atom stereocenters. The first-order valence-corrected chi connectivity index (χ1v) is 10.7. The van der Waals surface area contributed by atoms with Gasteiger partial charge < -0.3 is 14.3 Å². The molecule has 0 fully saturated rings. The Morgan fingerprint density at radius 3 is 2.42 bits per heavy atom. The van der Waals surface area contributed by atoms with Gasteiger partial charge in [-0.1, -0.05) is 48.5 Å². The summed E-state index contributed by atoms with van der Waals surface area (Å²) in [6.45, 7) is 7.44. The summed E-state index contributed by atoms with van der Waals surface area (Å²) in [6.07, 6.45) is 1.04. The Labute approximate surface area is 182 Å². The quantitative estimate of drug-likeness (QED) is 0.584. The van der Waals surface area contributed by atoms with Gasteiger partial charge in [-0.25, -0.2) is 0 Å². The summed E-state index contributed by atoms with van der Waals surface area (Å²) < 4.78 is 5.24. The van der Waals surface area contributed by atoms with Crippen LogP contribution in [0.4, 0.5) is 11.4 Å². The molecule has 2 heterocycles. The number of para-hydroxylation sites is 2. The van der Waals surface area contributed by atoms with Gasteiger partial charge in [0.2, 0.25) is 5.91 Å². The maximum Gasteiger partial charge on any atom is 0.264 e. The van der Waals surface area contributed by atoms with Crippen molar-refractivity contribution in [1.82, 2.24) is 5.16 Å². The molecule has 1 aliphatic heterocycles. The molecule has 0 saturated carbocycles. The van der Waals surface area contributed by atoms with Crippen LogP contribution in [0.15, 0.2) is 59.1 Å². The molecular formula is C25H27N3O3. The Hall–Kier alpha value is -3.41. The smallest absolute Gasteiger partial charge is 0.264 e. The summed E-state index contributed by atoms with van der Waals surface area (Å²) in [5, 5.41) is 3.95. The van der Waals surface area contributed by atoms with Crippen LogP contribution in [0.25, 0.3) is 0 Å². The van der Waals surface area contributed by atoms with Crippen LogP contribution >= 0.6 is 0 Å². The summed E-state index contributed by atoms with van der Waals surface area (Å²) in [5.41, 5.74) is 3.74. The lowest BCUT2D eigenvalue weighted by Crippen LogP contribution is -2.48. The van der Waals surface area contributed by atoms with Crippen molar-refractivity contribution >= 4 is 23.2 Å². The molecule has 0 radical (unpaired) electrons. The van der Waals surface area contributed by atoms with E-state index in [1.807, 2.05) is 78.2 Å². The van der Waals surface area contributed by atoms with Gasteiger partial charge in [-0.2, -0.15) is 0 Å². The van der Waals surface area contributed by atoms with Crippen LogP contribution in [0.1, 0.15) is 60.1 Å². The van der Waals surface area contributed by atoms with E-state index >= 15 is 0 Å². The van der Waals surface area contributed by atoms with Gasteiger partial charge in [-0.15, -0.1) is 0 Å². The molecule has 4 rings (SSSR count). The van der Waals surface area contributed by atoms with Crippen molar-refractivity contribution in [3.05, 3.63) is 77.2 Å². The Morgan fingerprint density at radius 2 is 1.77 bits per heavy atom. The van der Waals surface area contributed by atoms with Crippen LogP contribution in [0.2, 0.25) is 0 Å². The Morgan fingerprint density at radius 1 is 1.10 bits per heavy atom. The lowest BCUT2D eigenvalue weighted by atomic mass is 9.89. The van der Waals surface area contributed by atoms with Gasteiger partial charge in [0.1, 0.15) is 11.3 Å². The maximum atomic E-state index is 13.6. The van der Waals surface area contributed by atoms with Crippen LogP contribution in [0, 0.1) is 13.8 Å². The monoisotopic (exact) mass is 417 g/mol. The second-order valence-electron chi connectivity index (χ2n) is 7.99. The molecule has 0 spiro atoms. The van der Waals surface area contributed by atoms with E-state index in [1.165, 1.54) is 0 Å². The topological polar surface area (TPSA) is 66.7 Å². The van der Waals surface area contributed by atoms with E-state index < -0.39 is 0 Å². The van der Waals surface area contributed by atoms with Crippen LogP contribution in [-0.2, 0) is 4.79 Å². The van der Waals surface area contributed by atoms with E-state index in [2.05, 4.69) is 5.16 Å². The number of benzene rings is 2. The van der Waals surface area contributed by atoms with Gasteiger partial charge in [-0.05, 0) is 51.0 Å². The highest BCUT2D eigenvalue weighted by Crippen LogP contribution is 2.43. The first kappa shape index (κ1) is 20.8. The van der Waals surface area contributed by atoms with Gasteiger partial charge in [0.15, 0.2) is 0 Å². The molecule has 1 aromatic heterocycles. The van der Waals surface area contributed by atoms with E-state index in [0.717, 1.165) is 16.9 Å². The highest BCUT2D eigenvalue weighted by molar-refractivity contribution is 6.08. The van der Waals surface area contributed by atoms with E-state index in [1.54, 1.807) is 13.8 Å². The molecule has 0 aliphatic carbocycles. The summed E-state index contributed by atoms with van der Waals surface area (Å²) in [5.74, 6) is 0.452. The number of aryl methyl sites for hydroxylation is 2. The van der Waals surface area contributed by atoms with Crippen molar-refractivity contribution in [3.63, 3.8) is 0 Å². The normalized spacial score (nSPS) is 17.9.